The number of hydrogen-bond acceptors (Lipinski definition) is 3. The zero-order valence-corrected chi connectivity index (χ0v) is 10.6. The van der Waals surface area contributed by atoms with E-state index >= 15 is 0 Å². The molecule has 96 valence electrons. The van der Waals surface area contributed by atoms with Crippen LogP contribution in [0.5, 0.6) is 5.75 Å². The van der Waals surface area contributed by atoms with Gasteiger partial charge in [0.2, 0.25) is 0 Å². The van der Waals surface area contributed by atoms with Crippen molar-refractivity contribution in [2.45, 2.75) is 12.8 Å². The van der Waals surface area contributed by atoms with Gasteiger partial charge in [-0.1, -0.05) is 0 Å². The van der Waals surface area contributed by atoms with Gasteiger partial charge in [0, 0.05) is 18.5 Å². The van der Waals surface area contributed by atoms with Crippen LogP contribution in [0.3, 0.4) is 0 Å². The van der Waals surface area contributed by atoms with Crippen molar-refractivity contribution >= 4 is 10.9 Å². The molecule has 2 aromatic rings. The standard InChI is InChI=1S/C14H18N2O2/c1-16-13-6-5-12(18-9-3-2-8-15)10-11(13)4-7-14(16)17/h4-7,10H,2-3,8-9,15H2,1H3. The van der Waals surface area contributed by atoms with Gasteiger partial charge < -0.3 is 15.0 Å². The highest BCUT2D eigenvalue weighted by Crippen LogP contribution is 2.19. The molecule has 0 saturated carbocycles. The van der Waals surface area contributed by atoms with E-state index in [4.69, 9.17) is 10.5 Å². The van der Waals surface area contributed by atoms with Crippen molar-refractivity contribution in [3.8, 4) is 5.75 Å². The second-order valence-corrected chi connectivity index (χ2v) is 4.30. The van der Waals surface area contributed by atoms with Crippen LogP contribution in [0.2, 0.25) is 0 Å². The van der Waals surface area contributed by atoms with Crippen molar-refractivity contribution in [1.29, 1.82) is 0 Å². The Labute approximate surface area is 106 Å². The average molecular weight is 246 g/mol. The van der Waals surface area contributed by atoms with Crippen LogP contribution < -0.4 is 16.0 Å². The average Bonchev–Trinajstić information content (AvgIpc) is 2.39. The largest absolute Gasteiger partial charge is 0.494 e. The van der Waals surface area contributed by atoms with Crippen LogP contribution in [0.15, 0.2) is 35.1 Å². The molecule has 18 heavy (non-hydrogen) atoms. The summed E-state index contributed by atoms with van der Waals surface area (Å²) in [5.41, 5.74) is 6.34. The second kappa shape index (κ2) is 5.69. The minimum absolute atomic E-state index is 0.000820. The normalized spacial score (nSPS) is 10.8. The lowest BCUT2D eigenvalue weighted by Crippen LogP contribution is -2.14. The third-order valence-electron chi connectivity index (χ3n) is 2.96. The first-order chi connectivity index (χ1) is 8.72. The van der Waals surface area contributed by atoms with Crippen molar-refractivity contribution < 1.29 is 4.74 Å². The number of pyridine rings is 1. The van der Waals surface area contributed by atoms with E-state index in [1.54, 1.807) is 17.7 Å². The van der Waals surface area contributed by atoms with Gasteiger partial charge in [0.15, 0.2) is 0 Å². The van der Waals surface area contributed by atoms with Gasteiger partial charge in [0.05, 0.1) is 12.1 Å². The van der Waals surface area contributed by atoms with Gasteiger partial charge in [-0.25, -0.2) is 0 Å². The summed E-state index contributed by atoms with van der Waals surface area (Å²) >= 11 is 0. The van der Waals surface area contributed by atoms with Gasteiger partial charge in [-0.2, -0.15) is 0 Å². The Kier molecular flexibility index (Phi) is 3.99. The summed E-state index contributed by atoms with van der Waals surface area (Å²) in [5.74, 6) is 0.832. The van der Waals surface area contributed by atoms with E-state index in [0.29, 0.717) is 13.2 Å². The summed E-state index contributed by atoms with van der Waals surface area (Å²) in [6.45, 7) is 1.37. The van der Waals surface area contributed by atoms with Crippen LogP contribution in [0.25, 0.3) is 10.9 Å². The Morgan fingerprint density at radius 1 is 1.22 bits per heavy atom. The molecule has 0 amide bonds. The lowest BCUT2D eigenvalue weighted by Gasteiger charge is -2.08. The summed E-state index contributed by atoms with van der Waals surface area (Å²) in [6, 6.07) is 9.15. The van der Waals surface area contributed by atoms with E-state index in [1.807, 2.05) is 24.3 Å². The number of unbranched alkanes of at least 4 members (excludes halogenated alkanes) is 1. The number of rotatable bonds is 5. The Bertz CT molecular complexity index is 590. The zero-order valence-electron chi connectivity index (χ0n) is 10.6. The molecule has 0 saturated heterocycles. The van der Waals surface area contributed by atoms with Crippen LogP contribution in [0.4, 0.5) is 0 Å². The molecule has 4 nitrogen and oxygen atoms in total. The fourth-order valence-electron chi connectivity index (χ4n) is 1.89. The molecule has 0 spiro atoms. The van der Waals surface area contributed by atoms with E-state index in [1.165, 1.54) is 0 Å². The number of nitrogens with zero attached hydrogens (tertiary/aromatic N) is 1. The molecule has 0 aliphatic heterocycles. The third-order valence-corrected chi connectivity index (χ3v) is 2.96. The maximum absolute atomic E-state index is 11.5. The van der Waals surface area contributed by atoms with Gasteiger partial charge in [-0.15, -0.1) is 0 Å². The predicted molar refractivity (Wildman–Crippen MR) is 73.0 cm³/mol. The number of benzene rings is 1. The van der Waals surface area contributed by atoms with E-state index in [-0.39, 0.29) is 5.56 Å². The van der Waals surface area contributed by atoms with Crippen LogP contribution >= 0.6 is 0 Å². The summed E-state index contributed by atoms with van der Waals surface area (Å²) in [7, 11) is 1.77. The lowest BCUT2D eigenvalue weighted by atomic mass is 10.2. The first-order valence-corrected chi connectivity index (χ1v) is 6.15. The molecule has 1 aromatic heterocycles. The number of aromatic nitrogens is 1. The van der Waals surface area contributed by atoms with Crippen LogP contribution in [0, 0.1) is 0 Å². The first kappa shape index (κ1) is 12.6. The smallest absolute Gasteiger partial charge is 0.250 e. The molecule has 0 bridgehead atoms. The summed E-state index contributed by atoms with van der Waals surface area (Å²) < 4.78 is 7.28. The van der Waals surface area contributed by atoms with Gasteiger partial charge in [0.1, 0.15) is 5.75 Å². The molecule has 0 unspecified atom stereocenters. The third kappa shape index (κ3) is 2.71. The van der Waals surface area contributed by atoms with E-state index in [9.17, 15) is 4.79 Å². The fourth-order valence-corrected chi connectivity index (χ4v) is 1.89. The van der Waals surface area contributed by atoms with E-state index in [0.717, 1.165) is 29.5 Å². The molecule has 2 rings (SSSR count). The molecule has 0 aliphatic rings. The molecule has 0 aliphatic carbocycles. The van der Waals surface area contributed by atoms with Crippen molar-refractivity contribution in [3.63, 3.8) is 0 Å². The van der Waals surface area contributed by atoms with Gasteiger partial charge in [-0.05, 0) is 43.7 Å². The van der Waals surface area contributed by atoms with Crippen molar-refractivity contribution in [2.24, 2.45) is 12.8 Å². The number of nitrogens with two attached hydrogens (primary N) is 1. The van der Waals surface area contributed by atoms with Crippen molar-refractivity contribution in [2.75, 3.05) is 13.2 Å². The zero-order chi connectivity index (χ0) is 13.0. The maximum atomic E-state index is 11.5. The SMILES string of the molecule is Cn1c(=O)ccc2cc(OCCCCN)ccc21. The number of ether oxygens (including phenoxy) is 1. The summed E-state index contributed by atoms with van der Waals surface area (Å²) in [6.07, 6.45) is 1.93. The minimum atomic E-state index is -0.000820. The van der Waals surface area contributed by atoms with Crippen LogP contribution in [-0.2, 0) is 7.05 Å². The van der Waals surface area contributed by atoms with Gasteiger partial charge in [0.25, 0.3) is 5.56 Å². The Hall–Kier alpha value is -1.81. The van der Waals surface area contributed by atoms with E-state index < -0.39 is 0 Å². The topological polar surface area (TPSA) is 57.2 Å². The van der Waals surface area contributed by atoms with E-state index in [2.05, 4.69) is 0 Å². The van der Waals surface area contributed by atoms with Crippen molar-refractivity contribution in [3.05, 3.63) is 40.7 Å². The first-order valence-electron chi connectivity index (χ1n) is 6.15. The molecule has 0 fully saturated rings. The molecule has 2 N–H and O–H groups in total. The summed E-state index contributed by atoms with van der Waals surface area (Å²) in [5, 5.41) is 1.01. The highest BCUT2D eigenvalue weighted by molar-refractivity contribution is 5.80. The summed E-state index contributed by atoms with van der Waals surface area (Å²) in [4.78, 5) is 11.5. The Morgan fingerprint density at radius 2 is 2.06 bits per heavy atom. The molecule has 0 atom stereocenters. The number of hydrogen-bond donors (Lipinski definition) is 1. The maximum Gasteiger partial charge on any atom is 0.250 e. The number of fused-ring (bicyclic) bond motifs is 1. The molecule has 4 heteroatoms. The van der Waals surface area contributed by atoms with Gasteiger partial charge in [-0.3, -0.25) is 4.79 Å². The Morgan fingerprint density at radius 3 is 2.83 bits per heavy atom. The molecule has 1 aromatic carbocycles. The lowest BCUT2D eigenvalue weighted by molar-refractivity contribution is 0.308. The van der Waals surface area contributed by atoms with Crippen LogP contribution in [-0.4, -0.2) is 17.7 Å². The Balaban J connectivity index is 2.18. The highest BCUT2D eigenvalue weighted by Gasteiger charge is 2.01. The second-order valence-electron chi connectivity index (χ2n) is 4.30. The minimum Gasteiger partial charge on any atom is -0.494 e. The highest BCUT2D eigenvalue weighted by atomic mass is 16.5. The predicted octanol–water partition coefficient (Wildman–Crippen LogP) is 1.66. The quantitative estimate of drug-likeness (QED) is 0.816. The molecular weight excluding hydrogens is 228 g/mol. The monoisotopic (exact) mass is 246 g/mol. The molecular formula is C14H18N2O2. The van der Waals surface area contributed by atoms with Gasteiger partial charge >= 0.3 is 0 Å². The molecule has 1 heterocycles. The van der Waals surface area contributed by atoms with Crippen LogP contribution in [0.1, 0.15) is 12.8 Å². The van der Waals surface area contributed by atoms with Crippen molar-refractivity contribution in [1.82, 2.24) is 4.57 Å². The number of aryl methyl sites for hydroxylation is 1. The fraction of sp³-hybridized carbons (Fsp3) is 0.357. The molecule has 0 radical (unpaired) electrons.